The molecule has 3 nitrogen and oxygen atoms in total. The van der Waals surface area contributed by atoms with Crippen molar-refractivity contribution < 1.29 is 14.6 Å². The molecule has 1 fully saturated rings. The Balaban J connectivity index is 1.83. The van der Waals surface area contributed by atoms with Gasteiger partial charge in [-0.2, -0.15) is 0 Å². The molecule has 1 aromatic rings. The monoisotopic (exact) mass is 248 g/mol. The minimum Gasteiger partial charge on any atom is -0.493 e. The lowest BCUT2D eigenvalue weighted by molar-refractivity contribution is 0.111. The molecule has 0 aromatic heterocycles. The SMILES string of the molecule is O=Cc1ccccc1OC[C@H]1CC[C@H](CO)CC1. The molecule has 0 heterocycles. The number of benzene rings is 1. The summed E-state index contributed by atoms with van der Waals surface area (Å²) in [6.45, 7) is 0.977. The zero-order valence-corrected chi connectivity index (χ0v) is 10.5. The molecule has 18 heavy (non-hydrogen) atoms. The summed E-state index contributed by atoms with van der Waals surface area (Å²) in [6, 6.07) is 7.32. The van der Waals surface area contributed by atoms with Gasteiger partial charge < -0.3 is 9.84 Å². The summed E-state index contributed by atoms with van der Waals surface area (Å²) in [7, 11) is 0. The van der Waals surface area contributed by atoms with Crippen molar-refractivity contribution in [2.45, 2.75) is 25.7 Å². The number of rotatable bonds is 5. The molecule has 1 N–H and O–H groups in total. The fraction of sp³-hybridized carbons (Fsp3) is 0.533. The predicted octanol–water partition coefficient (Wildman–Crippen LogP) is 2.68. The van der Waals surface area contributed by atoms with E-state index in [9.17, 15) is 4.79 Å². The predicted molar refractivity (Wildman–Crippen MR) is 69.9 cm³/mol. The first-order valence-electron chi connectivity index (χ1n) is 6.61. The van der Waals surface area contributed by atoms with E-state index < -0.39 is 0 Å². The van der Waals surface area contributed by atoms with Crippen LogP contribution in [-0.2, 0) is 0 Å². The molecule has 1 aliphatic carbocycles. The summed E-state index contributed by atoms with van der Waals surface area (Å²) < 4.78 is 5.74. The molecular formula is C15H20O3. The van der Waals surface area contributed by atoms with Gasteiger partial charge in [0.05, 0.1) is 12.2 Å². The minimum absolute atomic E-state index is 0.307. The molecule has 2 rings (SSSR count). The molecule has 0 amide bonds. The highest BCUT2D eigenvalue weighted by Crippen LogP contribution is 2.29. The Kier molecular flexibility index (Phi) is 4.76. The van der Waals surface area contributed by atoms with E-state index in [2.05, 4.69) is 0 Å². The van der Waals surface area contributed by atoms with E-state index in [4.69, 9.17) is 9.84 Å². The third-order valence-electron chi connectivity index (χ3n) is 3.75. The van der Waals surface area contributed by atoms with Crippen molar-refractivity contribution in [3.8, 4) is 5.75 Å². The number of hydrogen-bond acceptors (Lipinski definition) is 3. The fourth-order valence-corrected chi connectivity index (χ4v) is 2.50. The Morgan fingerprint density at radius 1 is 1.17 bits per heavy atom. The quantitative estimate of drug-likeness (QED) is 0.815. The molecule has 1 aliphatic rings. The molecule has 0 aliphatic heterocycles. The van der Waals surface area contributed by atoms with E-state index in [1.54, 1.807) is 6.07 Å². The second-order valence-electron chi connectivity index (χ2n) is 5.04. The van der Waals surface area contributed by atoms with Crippen LogP contribution in [0.2, 0.25) is 0 Å². The van der Waals surface area contributed by atoms with Gasteiger partial charge in [0.15, 0.2) is 6.29 Å². The van der Waals surface area contributed by atoms with E-state index in [1.165, 1.54) is 0 Å². The maximum Gasteiger partial charge on any atom is 0.153 e. The average Bonchev–Trinajstić information content (AvgIpc) is 2.46. The van der Waals surface area contributed by atoms with Gasteiger partial charge >= 0.3 is 0 Å². The topological polar surface area (TPSA) is 46.5 Å². The number of aliphatic hydroxyl groups excluding tert-OH is 1. The molecule has 0 radical (unpaired) electrons. The van der Waals surface area contributed by atoms with Crippen molar-refractivity contribution in [2.24, 2.45) is 11.8 Å². The highest BCUT2D eigenvalue weighted by Gasteiger charge is 2.21. The van der Waals surface area contributed by atoms with Gasteiger partial charge in [-0.25, -0.2) is 0 Å². The van der Waals surface area contributed by atoms with Crippen LogP contribution in [-0.4, -0.2) is 24.6 Å². The van der Waals surface area contributed by atoms with Gasteiger partial charge in [0, 0.05) is 6.61 Å². The largest absolute Gasteiger partial charge is 0.493 e. The maximum absolute atomic E-state index is 10.9. The van der Waals surface area contributed by atoms with Crippen LogP contribution in [0.25, 0.3) is 0 Å². The average molecular weight is 248 g/mol. The Morgan fingerprint density at radius 3 is 2.50 bits per heavy atom. The van der Waals surface area contributed by atoms with E-state index in [1.807, 2.05) is 18.2 Å². The lowest BCUT2D eigenvalue weighted by atomic mass is 9.83. The number of hydrogen-bond donors (Lipinski definition) is 1. The van der Waals surface area contributed by atoms with E-state index in [-0.39, 0.29) is 0 Å². The molecule has 0 bridgehead atoms. The van der Waals surface area contributed by atoms with Crippen LogP contribution in [0.15, 0.2) is 24.3 Å². The first kappa shape index (κ1) is 13.1. The van der Waals surface area contributed by atoms with Crippen LogP contribution in [0.5, 0.6) is 5.75 Å². The number of ether oxygens (including phenoxy) is 1. The zero-order chi connectivity index (χ0) is 12.8. The highest BCUT2D eigenvalue weighted by molar-refractivity contribution is 5.79. The van der Waals surface area contributed by atoms with Gasteiger partial charge in [-0.05, 0) is 49.7 Å². The third-order valence-corrected chi connectivity index (χ3v) is 3.75. The molecule has 0 unspecified atom stereocenters. The van der Waals surface area contributed by atoms with Crippen LogP contribution >= 0.6 is 0 Å². The molecule has 0 spiro atoms. The molecule has 98 valence electrons. The van der Waals surface area contributed by atoms with Crippen molar-refractivity contribution in [2.75, 3.05) is 13.2 Å². The molecule has 0 saturated heterocycles. The van der Waals surface area contributed by atoms with E-state index in [0.29, 0.717) is 36.4 Å². The Bertz CT molecular complexity index is 381. The second kappa shape index (κ2) is 6.55. The minimum atomic E-state index is 0.307. The normalized spacial score (nSPS) is 23.6. The van der Waals surface area contributed by atoms with Crippen molar-refractivity contribution in [3.05, 3.63) is 29.8 Å². The third kappa shape index (κ3) is 3.33. The number of carbonyl (C=O) groups excluding carboxylic acids is 1. The first-order valence-corrected chi connectivity index (χ1v) is 6.61. The summed E-state index contributed by atoms with van der Waals surface area (Å²) in [4.78, 5) is 10.9. The lowest BCUT2D eigenvalue weighted by Crippen LogP contribution is -2.21. The lowest BCUT2D eigenvalue weighted by Gasteiger charge is -2.27. The first-order chi connectivity index (χ1) is 8.83. The molecular weight excluding hydrogens is 228 g/mol. The van der Waals surface area contributed by atoms with Gasteiger partial charge in [-0.15, -0.1) is 0 Å². The zero-order valence-electron chi connectivity index (χ0n) is 10.5. The number of aliphatic hydroxyl groups is 1. The number of para-hydroxylation sites is 1. The van der Waals surface area contributed by atoms with Crippen LogP contribution in [0.4, 0.5) is 0 Å². The Labute approximate surface area is 108 Å². The summed E-state index contributed by atoms with van der Waals surface area (Å²) >= 11 is 0. The Morgan fingerprint density at radius 2 is 1.83 bits per heavy atom. The van der Waals surface area contributed by atoms with Crippen molar-refractivity contribution in [1.29, 1.82) is 0 Å². The van der Waals surface area contributed by atoms with Crippen LogP contribution in [0.1, 0.15) is 36.0 Å². The molecule has 1 aromatic carbocycles. The Hall–Kier alpha value is -1.35. The number of carbonyl (C=O) groups is 1. The van der Waals surface area contributed by atoms with Crippen LogP contribution in [0.3, 0.4) is 0 Å². The van der Waals surface area contributed by atoms with Gasteiger partial charge in [0.2, 0.25) is 0 Å². The smallest absolute Gasteiger partial charge is 0.153 e. The van der Waals surface area contributed by atoms with Gasteiger partial charge in [-0.1, -0.05) is 12.1 Å². The second-order valence-corrected chi connectivity index (χ2v) is 5.04. The van der Waals surface area contributed by atoms with Gasteiger partial charge in [0.1, 0.15) is 5.75 Å². The highest BCUT2D eigenvalue weighted by atomic mass is 16.5. The number of aldehydes is 1. The van der Waals surface area contributed by atoms with Gasteiger partial charge in [0.25, 0.3) is 0 Å². The summed E-state index contributed by atoms with van der Waals surface area (Å²) in [6.07, 6.45) is 5.21. The summed E-state index contributed by atoms with van der Waals surface area (Å²) in [5.41, 5.74) is 0.613. The van der Waals surface area contributed by atoms with E-state index in [0.717, 1.165) is 32.0 Å². The van der Waals surface area contributed by atoms with E-state index >= 15 is 0 Å². The van der Waals surface area contributed by atoms with Crippen molar-refractivity contribution in [1.82, 2.24) is 0 Å². The van der Waals surface area contributed by atoms with Crippen LogP contribution < -0.4 is 4.74 Å². The van der Waals surface area contributed by atoms with Crippen LogP contribution in [0, 0.1) is 11.8 Å². The maximum atomic E-state index is 10.9. The summed E-state index contributed by atoms with van der Waals surface area (Å²) in [5.74, 6) is 1.70. The van der Waals surface area contributed by atoms with Crippen molar-refractivity contribution >= 4 is 6.29 Å². The summed E-state index contributed by atoms with van der Waals surface area (Å²) in [5, 5.41) is 9.08. The molecule has 3 heteroatoms. The molecule has 0 atom stereocenters. The van der Waals surface area contributed by atoms with Gasteiger partial charge in [-0.3, -0.25) is 4.79 Å². The fourth-order valence-electron chi connectivity index (χ4n) is 2.50. The molecule has 1 saturated carbocycles. The standard InChI is InChI=1S/C15H20O3/c16-9-12-5-7-13(8-6-12)11-18-15-4-2-1-3-14(15)10-17/h1-4,10,12-13,16H,5-9,11H2/t12-,13-. The van der Waals surface area contributed by atoms with Crippen molar-refractivity contribution in [3.63, 3.8) is 0 Å².